The van der Waals surface area contributed by atoms with Gasteiger partial charge in [-0.15, -0.1) is 0 Å². The molecule has 3 nitrogen and oxygen atoms in total. The predicted molar refractivity (Wildman–Crippen MR) is 162 cm³/mol. The van der Waals surface area contributed by atoms with Crippen LogP contribution in [-0.2, 0) is 6.54 Å². The van der Waals surface area contributed by atoms with E-state index in [4.69, 9.17) is 9.27 Å². The summed E-state index contributed by atoms with van der Waals surface area (Å²) in [6.45, 7) is 9.55. The van der Waals surface area contributed by atoms with Gasteiger partial charge in [-0.25, -0.2) is 9.14 Å². The highest BCUT2D eigenvalue weighted by Gasteiger charge is 2.39. The number of aryl methyl sites for hydroxylation is 1. The van der Waals surface area contributed by atoms with E-state index in [1.54, 1.807) is 12.1 Å². The van der Waals surface area contributed by atoms with Crippen LogP contribution in [0.1, 0.15) is 27.7 Å². The van der Waals surface area contributed by atoms with Crippen molar-refractivity contribution in [3.63, 3.8) is 0 Å². The second kappa shape index (κ2) is 10.1. The van der Waals surface area contributed by atoms with Crippen LogP contribution in [0.3, 0.4) is 0 Å². The molecule has 0 N–H and O–H groups in total. The zero-order valence-corrected chi connectivity index (χ0v) is 25.2. The van der Waals surface area contributed by atoms with E-state index in [-0.39, 0.29) is 11.0 Å². The quantitative estimate of drug-likeness (QED) is 0.175. The molecule has 0 aliphatic rings. The highest BCUT2D eigenvalue weighted by Crippen LogP contribution is 2.63. The number of rotatable bonds is 5. The summed E-state index contributed by atoms with van der Waals surface area (Å²) in [6.07, 6.45) is 0. The molecule has 1 unspecified atom stereocenters. The Hall–Kier alpha value is -2.40. The standard InChI is InChI=1S/C30H28Br2FN2OP/c1-5-35-27-9-7-6-8-24(27)25-19-23(15-16-28(25)35)37(30(2,3)4,34-22-13-11-21(33)12-14-22)36-29-17-10-20(31)18-26(29)32/h6-19H,5H2,1-4H3. The summed E-state index contributed by atoms with van der Waals surface area (Å²) in [4.78, 5) is 0. The number of nitrogens with zero attached hydrogens (tertiary/aromatic N) is 2. The average molecular weight is 642 g/mol. The Labute approximate surface area is 234 Å². The summed E-state index contributed by atoms with van der Waals surface area (Å²) >= 11 is 7.23. The fraction of sp³-hybridized carbons (Fsp3) is 0.200. The summed E-state index contributed by atoms with van der Waals surface area (Å²) < 4.78 is 30.3. The average Bonchev–Trinajstić information content (AvgIpc) is 3.18. The van der Waals surface area contributed by atoms with Crippen LogP contribution in [0.4, 0.5) is 10.1 Å². The molecule has 5 aromatic rings. The van der Waals surface area contributed by atoms with E-state index in [9.17, 15) is 4.39 Å². The van der Waals surface area contributed by atoms with E-state index in [2.05, 4.69) is 107 Å². The molecule has 0 fully saturated rings. The number of hydrogen-bond donors (Lipinski definition) is 0. The smallest absolute Gasteiger partial charge is 0.173 e. The highest BCUT2D eigenvalue weighted by molar-refractivity contribution is 9.11. The number of hydrogen-bond acceptors (Lipinski definition) is 2. The van der Waals surface area contributed by atoms with Crippen molar-refractivity contribution in [2.75, 3.05) is 0 Å². The van der Waals surface area contributed by atoms with Crippen molar-refractivity contribution in [1.29, 1.82) is 0 Å². The molecule has 0 saturated heterocycles. The van der Waals surface area contributed by atoms with Gasteiger partial charge >= 0.3 is 0 Å². The lowest BCUT2D eigenvalue weighted by Gasteiger charge is -2.37. The largest absolute Gasteiger partial charge is 0.454 e. The first-order chi connectivity index (χ1) is 17.6. The monoisotopic (exact) mass is 640 g/mol. The predicted octanol–water partition coefficient (Wildman–Crippen LogP) is 10.4. The van der Waals surface area contributed by atoms with Crippen LogP contribution < -0.4 is 9.83 Å². The van der Waals surface area contributed by atoms with Gasteiger partial charge in [-0.1, -0.05) is 54.9 Å². The molecular formula is C30H28Br2FN2OP. The van der Waals surface area contributed by atoms with Crippen molar-refractivity contribution in [2.45, 2.75) is 39.4 Å². The minimum absolute atomic E-state index is 0.288. The van der Waals surface area contributed by atoms with Gasteiger partial charge in [0.2, 0.25) is 0 Å². The van der Waals surface area contributed by atoms with Crippen molar-refractivity contribution >= 4 is 71.9 Å². The van der Waals surface area contributed by atoms with Crippen LogP contribution in [0.2, 0.25) is 0 Å². The fourth-order valence-electron chi connectivity index (χ4n) is 4.74. The maximum Gasteiger partial charge on any atom is 0.173 e. The van der Waals surface area contributed by atoms with Gasteiger partial charge in [-0.2, -0.15) is 0 Å². The lowest BCUT2D eigenvalue weighted by atomic mass is 10.1. The number of halogens is 3. The van der Waals surface area contributed by atoms with Crippen molar-refractivity contribution in [2.24, 2.45) is 4.74 Å². The number of fused-ring (bicyclic) bond motifs is 3. The van der Waals surface area contributed by atoms with E-state index in [1.807, 2.05) is 18.2 Å². The van der Waals surface area contributed by atoms with Crippen LogP contribution in [0, 0.1) is 5.82 Å². The Morgan fingerprint density at radius 1 is 0.865 bits per heavy atom. The molecular weight excluding hydrogens is 614 g/mol. The molecule has 0 bridgehead atoms. The molecule has 1 heterocycles. The van der Waals surface area contributed by atoms with Crippen LogP contribution in [0.15, 0.2) is 98.6 Å². The van der Waals surface area contributed by atoms with Crippen LogP contribution in [0.25, 0.3) is 21.8 Å². The highest BCUT2D eigenvalue weighted by atomic mass is 79.9. The summed E-state index contributed by atoms with van der Waals surface area (Å²) in [6, 6.07) is 27.3. The molecule has 1 aromatic heterocycles. The summed E-state index contributed by atoms with van der Waals surface area (Å²) in [5.41, 5.74) is 3.09. The maximum absolute atomic E-state index is 13.8. The number of benzene rings is 4. The van der Waals surface area contributed by atoms with Gasteiger partial charge in [0.1, 0.15) is 11.6 Å². The summed E-state index contributed by atoms with van der Waals surface area (Å²) in [5, 5.41) is 3.05. The first kappa shape index (κ1) is 26.2. The van der Waals surface area contributed by atoms with Crippen LogP contribution >= 0.6 is 39.1 Å². The fourth-order valence-corrected chi connectivity index (χ4v) is 9.08. The topological polar surface area (TPSA) is 26.5 Å². The molecule has 0 aliphatic heterocycles. The van der Waals surface area contributed by atoms with E-state index in [0.717, 1.165) is 20.8 Å². The Morgan fingerprint density at radius 3 is 2.24 bits per heavy atom. The first-order valence-electron chi connectivity index (χ1n) is 12.2. The van der Waals surface area contributed by atoms with Crippen LogP contribution in [0.5, 0.6) is 5.75 Å². The van der Waals surface area contributed by atoms with Crippen molar-refractivity contribution in [3.05, 3.63) is 99.7 Å². The molecule has 0 radical (unpaired) electrons. The van der Waals surface area contributed by atoms with Crippen molar-refractivity contribution in [3.8, 4) is 5.75 Å². The molecule has 0 spiro atoms. The SMILES string of the molecule is CCn1c2ccccc2c2cc(P(=Nc3ccc(F)cc3)(Oc3ccc(Br)cc3Br)C(C)(C)C)ccc21. The Balaban J connectivity index is 1.85. The summed E-state index contributed by atoms with van der Waals surface area (Å²) in [7, 11) is -2.77. The maximum atomic E-state index is 13.8. The van der Waals surface area contributed by atoms with Gasteiger partial charge in [-0.3, -0.25) is 0 Å². The third-order valence-corrected chi connectivity index (χ3v) is 11.4. The molecule has 0 aliphatic carbocycles. The molecule has 0 saturated carbocycles. The first-order valence-corrected chi connectivity index (χ1v) is 15.4. The minimum atomic E-state index is -2.77. The molecule has 190 valence electrons. The van der Waals surface area contributed by atoms with Gasteiger partial charge in [0.25, 0.3) is 0 Å². The van der Waals surface area contributed by atoms with E-state index < -0.39 is 7.28 Å². The molecule has 5 rings (SSSR count). The Bertz CT molecular complexity index is 1670. The lowest BCUT2D eigenvalue weighted by molar-refractivity contribution is 0.568. The van der Waals surface area contributed by atoms with Gasteiger partial charge in [0, 0.05) is 43.3 Å². The normalized spacial score (nSPS) is 13.6. The Kier molecular flexibility index (Phi) is 7.12. The van der Waals surface area contributed by atoms with Crippen molar-refractivity contribution in [1.82, 2.24) is 4.57 Å². The molecule has 0 amide bonds. The second-order valence-corrected chi connectivity index (χ2v) is 15.1. The van der Waals surface area contributed by atoms with Gasteiger partial charge in [0.05, 0.1) is 10.2 Å². The molecule has 1 atom stereocenters. The van der Waals surface area contributed by atoms with Crippen molar-refractivity contribution < 1.29 is 8.91 Å². The number of para-hydroxylation sites is 1. The van der Waals surface area contributed by atoms with Gasteiger partial charge in [-0.05, 0) is 89.6 Å². The van der Waals surface area contributed by atoms with Gasteiger partial charge in [0.15, 0.2) is 7.28 Å². The molecule has 7 heteroatoms. The minimum Gasteiger partial charge on any atom is -0.454 e. The zero-order valence-electron chi connectivity index (χ0n) is 21.2. The lowest BCUT2D eigenvalue weighted by Crippen LogP contribution is -2.27. The zero-order chi connectivity index (χ0) is 26.4. The van der Waals surface area contributed by atoms with E-state index in [1.165, 1.54) is 33.9 Å². The van der Waals surface area contributed by atoms with Crippen LogP contribution in [-0.4, -0.2) is 9.72 Å². The number of aromatic nitrogens is 1. The van der Waals surface area contributed by atoms with E-state index >= 15 is 0 Å². The van der Waals surface area contributed by atoms with E-state index in [0.29, 0.717) is 11.4 Å². The molecule has 37 heavy (non-hydrogen) atoms. The second-order valence-electron chi connectivity index (χ2n) is 9.95. The third-order valence-electron chi connectivity index (χ3n) is 6.54. The summed E-state index contributed by atoms with van der Waals surface area (Å²) in [5.74, 6) is 0.428. The Morgan fingerprint density at radius 2 is 1.57 bits per heavy atom. The third kappa shape index (κ3) is 4.80. The molecule has 4 aromatic carbocycles. The van der Waals surface area contributed by atoms with Gasteiger partial charge < -0.3 is 9.09 Å².